The first-order valence-electron chi connectivity index (χ1n) is 8.45. The van der Waals surface area contributed by atoms with Crippen molar-refractivity contribution in [1.82, 2.24) is 15.5 Å². The van der Waals surface area contributed by atoms with E-state index in [1.165, 1.54) is 12.4 Å². The van der Waals surface area contributed by atoms with Gasteiger partial charge in [0.05, 0.1) is 18.3 Å². The van der Waals surface area contributed by atoms with Crippen molar-refractivity contribution < 1.29 is 27.7 Å². The lowest BCUT2D eigenvalue weighted by atomic mass is 10.0. The normalized spacial score (nSPS) is 14.9. The van der Waals surface area contributed by atoms with Gasteiger partial charge in [0.2, 0.25) is 0 Å². The standard InChI is InChI=1S/C16H27N3O6S2/c1-6-11(2)24-15(26)19(4)10-13-9-12(18-25-13)7-8-16(3,14(20)17-21)27(5,22)23/h9,11,21H,6-8,10H2,1-5H3,(H,17,20). The summed E-state index contributed by atoms with van der Waals surface area (Å²) in [5.41, 5.74) is 1.91. The van der Waals surface area contributed by atoms with E-state index in [1.807, 2.05) is 13.8 Å². The number of rotatable bonds is 9. The number of amides is 1. The molecule has 9 nitrogen and oxygen atoms in total. The highest BCUT2D eigenvalue weighted by atomic mass is 32.2. The molecule has 0 bridgehead atoms. The summed E-state index contributed by atoms with van der Waals surface area (Å²) in [7, 11) is -1.99. The minimum atomic E-state index is -3.76. The first-order valence-corrected chi connectivity index (χ1v) is 10.7. The Morgan fingerprint density at radius 2 is 2.19 bits per heavy atom. The maximum atomic E-state index is 12.0. The van der Waals surface area contributed by atoms with Crippen LogP contribution in [0.5, 0.6) is 0 Å². The predicted molar refractivity (Wildman–Crippen MR) is 103 cm³/mol. The first-order chi connectivity index (χ1) is 12.4. The average molecular weight is 422 g/mol. The minimum absolute atomic E-state index is 0.0107. The van der Waals surface area contributed by atoms with Gasteiger partial charge in [-0.2, -0.15) is 0 Å². The number of nitrogens with zero attached hydrogens (tertiary/aromatic N) is 2. The number of hydrogen-bond acceptors (Lipinski definition) is 8. The number of aromatic nitrogens is 1. The molecule has 11 heteroatoms. The maximum Gasteiger partial charge on any atom is 0.264 e. The second-order valence-corrected chi connectivity index (χ2v) is 9.48. The summed E-state index contributed by atoms with van der Waals surface area (Å²) in [6.07, 6.45) is 1.91. The Balaban J connectivity index is 2.74. The zero-order valence-corrected chi connectivity index (χ0v) is 17.8. The summed E-state index contributed by atoms with van der Waals surface area (Å²) >= 11 is 5.21. The third kappa shape index (κ3) is 6.15. The first kappa shape index (κ1) is 23.3. The summed E-state index contributed by atoms with van der Waals surface area (Å²) < 4.78 is 33.0. The van der Waals surface area contributed by atoms with Crippen LogP contribution in [0, 0.1) is 0 Å². The summed E-state index contributed by atoms with van der Waals surface area (Å²) in [4.78, 5) is 13.5. The third-order valence-corrected chi connectivity index (χ3v) is 6.88. The van der Waals surface area contributed by atoms with E-state index in [-0.39, 0.29) is 18.9 Å². The van der Waals surface area contributed by atoms with E-state index in [1.54, 1.807) is 18.0 Å². The van der Waals surface area contributed by atoms with Gasteiger partial charge in [-0.15, -0.1) is 0 Å². The van der Waals surface area contributed by atoms with E-state index in [2.05, 4.69) is 5.16 Å². The summed E-state index contributed by atoms with van der Waals surface area (Å²) in [5.74, 6) is -0.462. The van der Waals surface area contributed by atoms with Gasteiger partial charge in [0.1, 0.15) is 4.75 Å². The van der Waals surface area contributed by atoms with Crippen LogP contribution in [0.15, 0.2) is 10.6 Å². The number of nitrogens with one attached hydrogen (secondary N) is 1. The van der Waals surface area contributed by atoms with Crippen LogP contribution in [0.25, 0.3) is 0 Å². The van der Waals surface area contributed by atoms with Crippen molar-refractivity contribution in [3.8, 4) is 0 Å². The topological polar surface area (TPSA) is 122 Å². The van der Waals surface area contributed by atoms with Crippen LogP contribution in [-0.2, 0) is 32.3 Å². The largest absolute Gasteiger partial charge is 0.468 e. The van der Waals surface area contributed by atoms with E-state index >= 15 is 0 Å². The van der Waals surface area contributed by atoms with Gasteiger partial charge in [0, 0.05) is 19.4 Å². The number of carbonyl (C=O) groups is 1. The van der Waals surface area contributed by atoms with Crippen molar-refractivity contribution in [2.24, 2.45) is 0 Å². The van der Waals surface area contributed by atoms with Gasteiger partial charge in [0.25, 0.3) is 11.1 Å². The highest BCUT2D eigenvalue weighted by Crippen LogP contribution is 2.23. The molecule has 0 aromatic carbocycles. The molecule has 2 atom stereocenters. The Morgan fingerprint density at radius 3 is 2.70 bits per heavy atom. The van der Waals surface area contributed by atoms with Crippen molar-refractivity contribution >= 4 is 33.1 Å². The van der Waals surface area contributed by atoms with Crippen LogP contribution in [0.3, 0.4) is 0 Å². The molecule has 1 aromatic rings. The second-order valence-electron chi connectivity index (χ2n) is 6.69. The molecule has 0 aliphatic carbocycles. The van der Waals surface area contributed by atoms with Crippen molar-refractivity contribution in [2.45, 2.75) is 57.4 Å². The summed E-state index contributed by atoms with van der Waals surface area (Å²) in [6.45, 7) is 5.52. The number of thiocarbonyl (C=S) groups is 1. The molecule has 0 spiro atoms. The van der Waals surface area contributed by atoms with Crippen LogP contribution in [-0.4, -0.2) is 58.9 Å². The fourth-order valence-electron chi connectivity index (χ4n) is 2.14. The lowest BCUT2D eigenvalue weighted by Crippen LogP contribution is -2.49. The number of ether oxygens (including phenoxy) is 1. The fourth-order valence-corrected chi connectivity index (χ4v) is 3.23. The van der Waals surface area contributed by atoms with E-state index in [0.717, 1.165) is 12.7 Å². The molecule has 2 unspecified atom stereocenters. The quantitative estimate of drug-likeness (QED) is 0.346. The van der Waals surface area contributed by atoms with Gasteiger partial charge in [-0.1, -0.05) is 12.1 Å². The number of sulfone groups is 1. The fraction of sp³-hybridized carbons (Fsp3) is 0.688. The van der Waals surface area contributed by atoms with Gasteiger partial charge in [-0.25, -0.2) is 13.9 Å². The van der Waals surface area contributed by atoms with Gasteiger partial charge < -0.3 is 14.2 Å². The van der Waals surface area contributed by atoms with E-state index in [9.17, 15) is 13.2 Å². The molecule has 1 rings (SSSR count). The van der Waals surface area contributed by atoms with Crippen LogP contribution in [0.1, 0.15) is 45.1 Å². The number of carbonyl (C=O) groups excluding carboxylic acids is 1. The molecule has 0 saturated heterocycles. The summed E-state index contributed by atoms with van der Waals surface area (Å²) in [6, 6.07) is 1.67. The van der Waals surface area contributed by atoms with Crippen molar-refractivity contribution in [1.29, 1.82) is 0 Å². The molecule has 0 saturated carbocycles. The Morgan fingerprint density at radius 1 is 1.56 bits per heavy atom. The van der Waals surface area contributed by atoms with Crippen molar-refractivity contribution in [2.75, 3.05) is 13.3 Å². The van der Waals surface area contributed by atoms with Crippen molar-refractivity contribution in [3.05, 3.63) is 17.5 Å². The molecule has 0 aliphatic rings. The van der Waals surface area contributed by atoms with Crippen LogP contribution < -0.4 is 5.48 Å². The van der Waals surface area contributed by atoms with Crippen LogP contribution >= 0.6 is 12.2 Å². The second kappa shape index (κ2) is 9.47. The molecule has 27 heavy (non-hydrogen) atoms. The molecule has 154 valence electrons. The van der Waals surface area contributed by atoms with E-state index in [4.69, 9.17) is 26.7 Å². The minimum Gasteiger partial charge on any atom is -0.468 e. The molecular weight excluding hydrogens is 394 g/mol. The average Bonchev–Trinajstić information content (AvgIpc) is 3.04. The molecular formula is C16H27N3O6S2. The predicted octanol–water partition coefficient (Wildman–Crippen LogP) is 1.45. The molecule has 0 aliphatic heterocycles. The molecule has 0 radical (unpaired) electrons. The Bertz CT molecular complexity index is 764. The molecule has 0 fully saturated rings. The smallest absolute Gasteiger partial charge is 0.264 e. The monoisotopic (exact) mass is 421 g/mol. The Labute approximate surface area is 164 Å². The van der Waals surface area contributed by atoms with Gasteiger partial charge in [0.15, 0.2) is 15.6 Å². The SMILES string of the molecule is CCC(C)OC(=S)N(C)Cc1cc(CCC(C)(C(=O)NO)S(C)(=O)=O)no1. The Hall–Kier alpha value is -1.72. The zero-order chi connectivity index (χ0) is 20.8. The molecule has 2 N–H and O–H groups in total. The van der Waals surface area contributed by atoms with Crippen LogP contribution in [0.2, 0.25) is 0 Å². The lowest BCUT2D eigenvalue weighted by Gasteiger charge is -2.24. The highest BCUT2D eigenvalue weighted by molar-refractivity contribution is 7.92. The third-order valence-electron chi connectivity index (χ3n) is 4.45. The van der Waals surface area contributed by atoms with Gasteiger partial charge in [-0.3, -0.25) is 10.0 Å². The zero-order valence-electron chi connectivity index (χ0n) is 16.2. The molecule has 1 aromatic heterocycles. The number of hydroxylamine groups is 1. The van der Waals surface area contributed by atoms with Crippen molar-refractivity contribution in [3.63, 3.8) is 0 Å². The van der Waals surface area contributed by atoms with E-state index < -0.39 is 20.5 Å². The lowest BCUT2D eigenvalue weighted by molar-refractivity contribution is -0.131. The summed E-state index contributed by atoms with van der Waals surface area (Å²) in [5, 5.41) is 13.1. The highest BCUT2D eigenvalue weighted by Gasteiger charge is 2.43. The molecule has 1 heterocycles. The maximum absolute atomic E-state index is 12.0. The van der Waals surface area contributed by atoms with Gasteiger partial charge in [-0.05, 0) is 45.3 Å². The Kier molecular flexibility index (Phi) is 8.18. The van der Waals surface area contributed by atoms with Gasteiger partial charge >= 0.3 is 0 Å². The molecule has 1 amide bonds. The number of hydrogen-bond donors (Lipinski definition) is 2. The van der Waals surface area contributed by atoms with Crippen LogP contribution in [0.4, 0.5) is 0 Å². The number of aryl methyl sites for hydroxylation is 1. The van der Waals surface area contributed by atoms with E-state index in [0.29, 0.717) is 23.2 Å².